The monoisotopic (exact) mass is 187 g/mol. The van der Waals surface area contributed by atoms with Crippen molar-refractivity contribution in [3.05, 3.63) is 0 Å². The van der Waals surface area contributed by atoms with Gasteiger partial charge in [-0.3, -0.25) is 10.1 Å². The Morgan fingerprint density at radius 1 is 1.46 bits per heavy atom. The van der Waals surface area contributed by atoms with Crippen LogP contribution in [0, 0.1) is 5.41 Å². The van der Waals surface area contributed by atoms with E-state index in [0.717, 1.165) is 0 Å². The summed E-state index contributed by atoms with van der Waals surface area (Å²) in [5.41, 5.74) is 4.98. The van der Waals surface area contributed by atoms with Gasteiger partial charge in [0, 0.05) is 12.6 Å². The standard InChI is InChI=1S/C9H21N3O/c1-7(2)11-6-12-8(13)9(3,4)5-10/h7,11H,5-6,10H2,1-4H3,(H,12,13). The first-order valence-corrected chi connectivity index (χ1v) is 4.62. The molecule has 0 unspecified atom stereocenters. The Balaban J connectivity index is 3.75. The molecule has 0 spiro atoms. The smallest absolute Gasteiger partial charge is 0.227 e. The number of carbonyl (C=O) groups excluding carboxylic acids is 1. The minimum atomic E-state index is -0.474. The minimum Gasteiger partial charge on any atom is -0.343 e. The zero-order chi connectivity index (χ0) is 10.5. The lowest BCUT2D eigenvalue weighted by molar-refractivity contribution is -0.128. The lowest BCUT2D eigenvalue weighted by Gasteiger charge is -2.21. The van der Waals surface area contributed by atoms with Gasteiger partial charge < -0.3 is 11.1 Å². The maximum atomic E-state index is 11.4. The van der Waals surface area contributed by atoms with Gasteiger partial charge in [0.25, 0.3) is 0 Å². The normalized spacial score (nSPS) is 11.8. The summed E-state index contributed by atoms with van der Waals surface area (Å²) < 4.78 is 0. The lowest BCUT2D eigenvalue weighted by Crippen LogP contribution is -2.46. The van der Waals surface area contributed by atoms with E-state index >= 15 is 0 Å². The molecular formula is C9H21N3O. The third kappa shape index (κ3) is 4.85. The molecule has 0 rings (SSSR count). The molecule has 0 aliphatic rings. The van der Waals surface area contributed by atoms with E-state index in [4.69, 9.17) is 5.73 Å². The lowest BCUT2D eigenvalue weighted by atomic mass is 9.93. The van der Waals surface area contributed by atoms with E-state index in [-0.39, 0.29) is 5.91 Å². The van der Waals surface area contributed by atoms with Crippen LogP contribution >= 0.6 is 0 Å². The van der Waals surface area contributed by atoms with E-state index in [1.807, 2.05) is 27.7 Å². The average Bonchev–Trinajstić information content (AvgIpc) is 2.03. The first-order valence-electron chi connectivity index (χ1n) is 4.62. The molecule has 0 aliphatic carbocycles. The van der Waals surface area contributed by atoms with Crippen LogP contribution in [0.3, 0.4) is 0 Å². The number of nitrogens with two attached hydrogens (primary N) is 1. The van der Waals surface area contributed by atoms with Crippen molar-refractivity contribution in [3.63, 3.8) is 0 Å². The van der Waals surface area contributed by atoms with E-state index in [2.05, 4.69) is 10.6 Å². The van der Waals surface area contributed by atoms with Crippen molar-refractivity contribution in [1.82, 2.24) is 10.6 Å². The Hall–Kier alpha value is -0.610. The molecule has 4 heteroatoms. The molecular weight excluding hydrogens is 166 g/mol. The number of hydrogen-bond acceptors (Lipinski definition) is 3. The Morgan fingerprint density at radius 2 is 2.00 bits per heavy atom. The van der Waals surface area contributed by atoms with Crippen LogP contribution in [0.25, 0.3) is 0 Å². The quantitative estimate of drug-likeness (QED) is 0.532. The van der Waals surface area contributed by atoms with Crippen molar-refractivity contribution in [1.29, 1.82) is 0 Å². The molecule has 78 valence electrons. The SMILES string of the molecule is CC(C)NCNC(=O)C(C)(C)CN. The molecule has 0 aromatic rings. The first-order chi connectivity index (χ1) is 5.90. The summed E-state index contributed by atoms with van der Waals surface area (Å²) in [5, 5.41) is 5.87. The van der Waals surface area contributed by atoms with Crippen molar-refractivity contribution < 1.29 is 4.79 Å². The maximum absolute atomic E-state index is 11.4. The van der Waals surface area contributed by atoms with Gasteiger partial charge in [-0.25, -0.2) is 0 Å². The highest BCUT2D eigenvalue weighted by molar-refractivity contribution is 5.81. The molecule has 0 radical (unpaired) electrons. The summed E-state index contributed by atoms with van der Waals surface area (Å²) >= 11 is 0. The van der Waals surface area contributed by atoms with Gasteiger partial charge >= 0.3 is 0 Å². The molecule has 0 bridgehead atoms. The molecule has 4 N–H and O–H groups in total. The molecule has 0 aliphatic heterocycles. The summed E-state index contributed by atoms with van der Waals surface area (Å²) in [6.07, 6.45) is 0. The van der Waals surface area contributed by atoms with Crippen LogP contribution in [0.1, 0.15) is 27.7 Å². The van der Waals surface area contributed by atoms with Crippen molar-refractivity contribution in [2.45, 2.75) is 33.7 Å². The zero-order valence-corrected chi connectivity index (χ0v) is 8.98. The van der Waals surface area contributed by atoms with Crippen LogP contribution in [-0.2, 0) is 4.79 Å². The topological polar surface area (TPSA) is 67.1 Å². The van der Waals surface area contributed by atoms with E-state index in [1.54, 1.807) is 0 Å². The van der Waals surface area contributed by atoms with Gasteiger partial charge in [-0.1, -0.05) is 0 Å². The van der Waals surface area contributed by atoms with Crippen LogP contribution < -0.4 is 16.4 Å². The van der Waals surface area contributed by atoms with Gasteiger partial charge in [-0.15, -0.1) is 0 Å². The van der Waals surface area contributed by atoms with Crippen molar-refractivity contribution in [2.24, 2.45) is 11.1 Å². The molecule has 13 heavy (non-hydrogen) atoms. The molecule has 0 aromatic heterocycles. The fraction of sp³-hybridized carbons (Fsp3) is 0.889. The largest absolute Gasteiger partial charge is 0.343 e. The molecule has 0 atom stereocenters. The van der Waals surface area contributed by atoms with Gasteiger partial charge in [0.05, 0.1) is 12.1 Å². The van der Waals surface area contributed by atoms with Crippen LogP contribution in [0.15, 0.2) is 0 Å². The van der Waals surface area contributed by atoms with Crippen molar-refractivity contribution in [3.8, 4) is 0 Å². The van der Waals surface area contributed by atoms with Crippen LogP contribution in [0.5, 0.6) is 0 Å². The zero-order valence-electron chi connectivity index (χ0n) is 8.98. The van der Waals surface area contributed by atoms with Crippen molar-refractivity contribution >= 4 is 5.91 Å². The third-order valence-corrected chi connectivity index (χ3v) is 1.88. The molecule has 0 fully saturated rings. The minimum absolute atomic E-state index is 0.0110. The van der Waals surface area contributed by atoms with Gasteiger partial charge in [-0.2, -0.15) is 0 Å². The van der Waals surface area contributed by atoms with Gasteiger partial charge in [0.2, 0.25) is 5.91 Å². The second-order valence-electron chi connectivity index (χ2n) is 4.13. The highest BCUT2D eigenvalue weighted by Gasteiger charge is 2.24. The molecule has 0 saturated heterocycles. The Kier molecular flexibility index (Phi) is 4.95. The van der Waals surface area contributed by atoms with Gasteiger partial charge in [0.1, 0.15) is 0 Å². The number of nitrogens with one attached hydrogen (secondary N) is 2. The van der Waals surface area contributed by atoms with Crippen molar-refractivity contribution in [2.75, 3.05) is 13.2 Å². The van der Waals surface area contributed by atoms with E-state index < -0.39 is 5.41 Å². The third-order valence-electron chi connectivity index (χ3n) is 1.88. The fourth-order valence-corrected chi connectivity index (χ4v) is 0.667. The maximum Gasteiger partial charge on any atom is 0.227 e. The summed E-state index contributed by atoms with van der Waals surface area (Å²) in [7, 11) is 0. The average molecular weight is 187 g/mol. The molecule has 0 aromatic carbocycles. The predicted octanol–water partition coefficient (Wildman–Crippen LogP) is 0.0430. The number of hydrogen-bond donors (Lipinski definition) is 3. The molecule has 1 amide bonds. The van der Waals surface area contributed by atoms with Crippen LogP contribution in [0.2, 0.25) is 0 Å². The van der Waals surface area contributed by atoms with E-state index in [1.165, 1.54) is 0 Å². The van der Waals surface area contributed by atoms with Gasteiger partial charge in [-0.05, 0) is 27.7 Å². The van der Waals surface area contributed by atoms with Gasteiger partial charge in [0.15, 0.2) is 0 Å². The second kappa shape index (κ2) is 5.19. The first kappa shape index (κ1) is 12.4. The number of amides is 1. The Morgan fingerprint density at radius 3 is 2.38 bits per heavy atom. The molecule has 0 heterocycles. The Labute approximate surface area is 80.3 Å². The Bertz CT molecular complexity index is 166. The van der Waals surface area contributed by atoms with Crippen LogP contribution in [0.4, 0.5) is 0 Å². The fourth-order valence-electron chi connectivity index (χ4n) is 0.667. The number of rotatable bonds is 5. The molecule has 0 saturated carbocycles. The second-order valence-corrected chi connectivity index (χ2v) is 4.13. The summed E-state index contributed by atoms with van der Waals surface area (Å²) in [4.78, 5) is 11.4. The highest BCUT2D eigenvalue weighted by Crippen LogP contribution is 2.11. The van der Waals surface area contributed by atoms with E-state index in [9.17, 15) is 4.79 Å². The summed E-state index contributed by atoms with van der Waals surface area (Å²) in [6.45, 7) is 8.58. The highest BCUT2D eigenvalue weighted by atomic mass is 16.2. The molecule has 4 nitrogen and oxygen atoms in total. The van der Waals surface area contributed by atoms with E-state index in [0.29, 0.717) is 19.3 Å². The summed E-state index contributed by atoms with van der Waals surface area (Å²) in [6, 6.07) is 0.376. The predicted molar refractivity (Wildman–Crippen MR) is 54.1 cm³/mol. The number of carbonyl (C=O) groups is 1. The summed E-state index contributed by atoms with van der Waals surface area (Å²) in [5.74, 6) is -0.0110. The van der Waals surface area contributed by atoms with Crippen LogP contribution in [-0.4, -0.2) is 25.2 Å².